The van der Waals surface area contributed by atoms with Crippen LogP contribution in [-0.4, -0.2) is 13.2 Å². The van der Waals surface area contributed by atoms with Crippen LogP contribution < -0.4 is 10.6 Å². The highest BCUT2D eigenvalue weighted by atomic mass is 15.0. The second-order valence-electron chi connectivity index (χ2n) is 0.927. The third kappa shape index (κ3) is 3.92. The molecule has 2 N–H and O–H groups in total. The van der Waals surface area contributed by atoms with Crippen LogP contribution in [0.4, 0.5) is 0 Å². The summed E-state index contributed by atoms with van der Waals surface area (Å²) in [6.45, 7) is 5.04. The van der Waals surface area contributed by atoms with Gasteiger partial charge in [-0.2, -0.15) is 0 Å². The molecule has 0 saturated heterocycles. The molecule has 0 aromatic heterocycles. The van der Waals surface area contributed by atoms with Crippen LogP contribution in [0.2, 0.25) is 0 Å². The zero-order chi connectivity index (χ0) is 4.83. The number of nitrogens with one attached hydrogen (secondary N) is 2. The van der Waals surface area contributed by atoms with Crippen molar-refractivity contribution in [1.29, 1.82) is 0 Å². The Morgan fingerprint density at radius 1 is 1.50 bits per heavy atom. The van der Waals surface area contributed by atoms with E-state index in [9.17, 15) is 0 Å². The predicted molar refractivity (Wildman–Crippen MR) is 26.7 cm³/mol. The van der Waals surface area contributed by atoms with Gasteiger partial charge in [-0.25, -0.2) is 0 Å². The van der Waals surface area contributed by atoms with Crippen LogP contribution in [0, 0.1) is 14.0 Å². The van der Waals surface area contributed by atoms with Gasteiger partial charge in [-0.3, -0.25) is 0 Å². The summed E-state index contributed by atoms with van der Waals surface area (Å²) in [6.07, 6.45) is 0. The lowest BCUT2D eigenvalue weighted by Gasteiger charge is -1.94. The Balaban J connectivity index is 2.34. The summed E-state index contributed by atoms with van der Waals surface area (Å²) in [5.41, 5.74) is 0. The van der Waals surface area contributed by atoms with Gasteiger partial charge < -0.3 is 10.6 Å². The third-order valence-corrected chi connectivity index (χ3v) is 0.427. The van der Waals surface area contributed by atoms with E-state index in [0.29, 0.717) is 0 Å². The molecule has 0 aliphatic rings. The van der Waals surface area contributed by atoms with Crippen molar-refractivity contribution in [3.63, 3.8) is 0 Å². The summed E-state index contributed by atoms with van der Waals surface area (Å²) in [4.78, 5) is 0. The fourth-order valence-electron chi connectivity index (χ4n) is 0.177. The fraction of sp³-hybridized carbons (Fsp3) is 0.500. The van der Waals surface area contributed by atoms with E-state index < -0.39 is 0 Å². The molecule has 0 fully saturated rings. The van der Waals surface area contributed by atoms with E-state index in [1.165, 1.54) is 0 Å². The lowest BCUT2D eigenvalue weighted by atomic mass is 10.7. The first kappa shape index (κ1) is 5.92. The quantitative estimate of drug-likeness (QED) is 0.365. The second-order valence-corrected chi connectivity index (χ2v) is 0.927. The highest BCUT2D eigenvalue weighted by Gasteiger charge is 1.69. The molecule has 0 spiro atoms. The molecule has 36 valence electrons. The van der Waals surface area contributed by atoms with Gasteiger partial charge in [0.25, 0.3) is 0 Å². The van der Waals surface area contributed by atoms with Crippen LogP contribution in [0.15, 0.2) is 0 Å². The van der Waals surface area contributed by atoms with Gasteiger partial charge in [-0.05, 0) is 13.5 Å². The van der Waals surface area contributed by atoms with Gasteiger partial charge in [0.05, 0.1) is 0 Å². The zero-order valence-electron chi connectivity index (χ0n) is 3.83. The summed E-state index contributed by atoms with van der Waals surface area (Å²) in [5.74, 6) is 0. The van der Waals surface area contributed by atoms with Gasteiger partial charge >= 0.3 is 0 Å². The van der Waals surface area contributed by atoms with Gasteiger partial charge in [0.1, 0.15) is 0 Å². The van der Waals surface area contributed by atoms with Crippen molar-refractivity contribution in [3.8, 4) is 0 Å². The van der Waals surface area contributed by atoms with Crippen LogP contribution in [0.1, 0.15) is 0 Å². The molecule has 0 heterocycles. The molecule has 0 amide bonds. The first-order valence-electron chi connectivity index (χ1n) is 1.91. The zero-order valence-corrected chi connectivity index (χ0v) is 3.83. The summed E-state index contributed by atoms with van der Waals surface area (Å²) in [7, 11) is 3.38. The molecule has 0 aromatic rings. The minimum atomic E-state index is 0.740. The normalized spacial score (nSPS) is 9.00. The monoisotopic (exact) mass is 86.1 g/mol. The van der Waals surface area contributed by atoms with Gasteiger partial charge in [-0.15, -0.1) is 0 Å². The first-order valence-corrected chi connectivity index (χ1v) is 1.91. The fourth-order valence-corrected chi connectivity index (χ4v) is 0.177. The van der Waals surface area contributed by atoms with Crippen molar-refractivity contribution in [2.24, 2.45) is 0 Å². The van der Waals surface area contributed by atoms with Crippen molar-refractivity contribution in [2.75, 3.05) is 13.2 Å². The Kier molecular flexibility index (Phi) is 4.85. The number of hydrogen-bond donors (Lipinski definition) is 2. The number of rotatable bonds is 3. The van der Waals surface area contributed by atoms with Gasteiger partial charge in [0.2, 0.25) is 0 Å². The maximum atomic E-state index is 3.54. The van der Waals surface area contributed by atoms with Crippen molar-refractivity contribution >= 4 is 0 Å². The van der Waals surface area contributed by atoms with Crippen molar-refractivity contribution < 1.29 is 0 Å². The van der Waals surface area contributed by atoms with Crippen molar-refractivity contribution in [2.45, 2.75) is 0 Å². The molecule has 0 atom stereocenters. The average Bonchev–Trinajstić information content (AvgIpc) is 1.61. The summed E-state index contributed by atoms with van der Waals surface area (Å²) in [6, 6.07) is 0. The molecule has 6 heavy (non-hydrogen) atoms. The van der Waals surface area contributed by atoms with Crippen molar-refractivity contribution in [3.05, 3.63) is 14.0 Å². The largest absolute Gasteiger partial charge is 0.304 e. The maximum absolute atomic E-state index is 3.54. The summed E-state index contributed by atoms with van der Waals surface area (Å²) >= 11 is 0. The molecule has 0 bridgehead atoms. The van der Waals surface area contributed by atoms with E-state index in [-0.39, 0.29) is 0 Å². The molecule has 0 rings (SSSR count). The Hall–Kier alpha value is -0.0800. The Bertz CT molecular complexity index is 17.5. The minimum Gasteiger partial charge on any atom is -0.304 e. The highest BCUT2D eigenvalue weighted by Crippen LogP contribution is 1.45. The third-order valence-electron chi connectivity index (χ3n) is 0.427. The standard InChI is InChI=1S/C4H10N2/c1-3-6-4-5-2/h5-6H,1-4H2. The molecule has 0 aliphatic carbocycles. The Morgan fingerprint density at radius 2 is 2.17 bits per heavy atom. The predicted octanol–water partition coefficient (Wildman–Crippen LogP) is -0.251. The Morgan fingerprint density at radius 3 is 2.33 bits per heavy atom. The summed E-state index contributed by atoms with van der Waals surface area (Å²) < 4.78 is 0. The molecular formula is C4H10N2. The van der Waals surface area contributed by atoms with E-state index >= 15 is 0 Å². The second kappa shape index (κ2) is 4.92. The van der Waals surface area contributed by atoms with E-state index in [2.05, 4.69) is 24.6 Å². The average molecular weight is 86.1 g/mol. The lowest BCUT2D eigenvalue weighted by molar-refractivity contribution is 0.695. The smallest absolute Gasteiger partial charge is 0.0454 e. The van der Waals surface area contributed by atoms with E-state index in [0.717, 1.165) is 13.2 Å². The van der Waals surface area contributed by atoms with Crippen LogP contribution in [0.5, 0.6) is 0 Å². The van der Waals surface area contributed by atoms with Gasteiger partial charge in [0.15, 0.2) is 0 Å². The van der Waals surface area contributed by atoms with Gasteiger partial charge in [0, 0.05) is 13.7 Å². The number of hydrogen-bond acceptors (Lipinski definition) is 2. The minimum absolute atomic E-state index is 0.740. The first-order chi connectivity index (χ1) is 2.91. The van der Waals surface area contributed by atoms with E-state index in [1.807, 2.05) is 0 Å². The van der Waals surface area contributed by atoms with Crippen LogP contribution in [0.25, 0.3) is 0 Å². The molecule has 2 nitrogen and oxygen atoms in total. The molecule has 0 aliphatic heterocycles. The topological polar surface area (TPSA) is 24.1 Å². The van der Waals surface area contributed by atoms with Crippen LogP contribution in [0.3, 0.4) is 0 Å². The molecule has 2 radical (unpaired) electrons. The lowest BCUT2D eigenvalue weighted by Crippen LogP contribution is -2.23. The van der Waals surface area contributed by atoms with E-state index in [4.69, 9.17) is 0 Å². The SMILES string of the molecule is [CH2]CNCN[CH2]. The van der Waals surface area contributed by atoms with E-state index in [1.54, 1.807) is 0 Å². The molecule has 0 saturated carbocycles. The van der Waals surface area contributed by atoms with Crippen LogP contribution in [-0.2, 0) is 0 Å². The highest BCUT2D eigenvalue weighted by molar-refractivity contribution is 4.43. The van der Waals surface area contributed by atoms with Crippen molar-refractivity contribution in [1.82, 2.24) is 10.6 Å². The van der Waals surface area contributed by atoms with Crippen LogP contribution >= 0.6 is 0 Å². The molecule has 0 unspecified atom stereocenters. The summed E-state index contributed by atoms with van der Waals surface area (Å²) in [5, 5.41) is 5.58. The molecule has 2 heteroatoms. The maximum Gasteiger partial charge on any atom is 0.0454 e. The molecule has 0 aromatic carbocycles. The van der Waals surface area contributed by atoms with Gasteiger partial charge in [-0.1, -0.05) is 0 Å². The molecular weight excluding hydrogens is 76.1 g/mol. The Labute approximate surface area is 38.9 Å².